The van der Waals surface area contributed by atoms with E-state index in [1.54, 1.807) is 38.5 Å². The van der Waals surface area contributed by atoms with Crippen molar-refractivity contribution >= 4 is 0 Å². The van der Waals surface area contributed by atoms with Crippen LogP contribution in [0.15, 0.2) is 0 Å². The second kappa shape index (κ2) is 1.95. The fraction of sp³-hybridized carbons (Fsp3) is 1.00. The van der Waals surface area contributed by atoms with Gasteiger partial charge in [-0.3, -0.25) is 0 Å². The van der Waals surface area contributed by atoms with Crippen LogP contribution in [0.1, 0.15) is 58.8 Å². The Labute approximate surface area is 87.5 Å². The molecule has 78 valence electrons. The van der Waals surface area contributed by atoms with Crippen LogP contribution in [-0.4, -0.2) is 0 Å². The van der Waals surface area contributed by atoms with Gasteiger partial charge in [-0.1, -0.05) is 13.8 Å². The van der Waals surface area contributed by atoms with Gasteiger partial charge in [0.05, 0.1) is 0 Å². The molecular formula is C14H22. The predicted octanol–water partition coefficient (Wildman–Crippen LogP) is 4.00. The van der Waals surface area contributed by atoms with E-state index in [0.29, 0.717) is 0 Å². The highest BCUT2D eigenvalue weighted by atomic mass is 14.8. The second-order valence-corrected chi connectivity index (χ2v) is 7.37. The van der Waals surface area contributed by atoms with E-state index < -0.39 is 0 Å². The lowest BCUT2D eigenvalue weighted by atomic mass is 9.37. The minimum Gasteiger partial charge on any atom is -0.0648 e. The van der Waals surface area contributed by atoms with Crippen LogP contribution in [-0.2, 0) is 0 Å². The zero-order valence-electron chi connectivity index (χ0n) is 9.60. The average molecular weight is 190 g/mol. The van der Waals surface area contributed by atoms with Crippen LogP contribution >= 0.6 is 0 Å². The number of rotatable bonds is 1. The summed E-state index contributed by atoms with van der Waals surface area (Å²) in [5.74, 6) is 2.28. The Balaban J connectivity index is 1.89. The van der Waals surface area contributed by atoms with E-state index in [4.69, 9.17) is 0 Å². The third-order valence-electron chi connectivity index (χ3n) is 6.69. The van der Waals surface area contributed by atoms with Crippen molar-refractivity contribution in [3.05, 3.63) is 0 Å². The molecule has 0 heterocycles. The monoisotopic (exact) mass is 190 g/mol. The summed E-state index contributed by atoms with van der Waals surface area (Å²) in [7, 11) is 0. The summed E-state index contributed by atoms with van der Waals surface area (Å²) < 4.78 is 0. The third kappa shape index (κ3) is 0.605. The van der Waals surface area contributed by atoms with Crippen molar-refractivity contribution in [3.63, 3.8) is 0 Å². The van der Waals surface area contributed by atoms with E-state index in [0.717, 1.165) is 28.1 Å². The minimum absolute atomic E-state index is 0.768. The van der Waals surface area contributed by atoms with Gasteiger partial charge in [0.2, 0.25) is 0 Å². The summed E-state index contributed by atoms with van der Waals surface area (Å²) >= 11 is 0. The zero-order valence-corrected chi connectivity index (χ0v) is 9.60. The maximum Gasteiger partial charge on any atom is -0.0209 e. The topological polar surface area (TPSA) is 0 Å². The molecule has 5 atom stereocenters. The highest BCUT2D eigenvalue weighted by Gasteiger charge is 2.75. The molecule has 5 unspecified atom stereocenters. The first kappa shape index (κ1) is 8.19. The van der Waals surface area contributed by atoms with Crippen LogP contribution in [0.2, 0.25) is 0 Å². The second-order valence-electron chi connectivity index (χ2n) is 7.37. The first-order valence-electron chi connectivity index (χ1n) is 6.62. The maximum atomic E-state index is 2.60. The quantitative estimate of drug-likeness (QED) is 0.586. The molecule has 0 nitrogen and oxygen atoms in total. The number of hydrogen-bond donors (Lipinski definition) is 0. The van der Waals surface area contributed by atoms with E-state index in [2.05, 4.69) is 13.8 Å². The summed E-state index contributed by atoms with van der Waals surface area (Å²) in [5.41, 5.74) is 2.47. The molecule has 0 saturated heterocycles. The lowest BCUT2D eigenvalue weighted by Gasteiger charge is -2.68. The van der Waals surface area contributed by atoms with Gasteiger partial charge >= 0.3 is 0 Å². The Morgan fingerprint density at radius 1 is 1.14 bits per heavy atom. The van der Waals surface area contributed by atoms with Crippen LogP contribution < -0.4 is 0 Å². The first-order valence-corrected chi connectivity index (χ1v) is 6.62. The molecule has 5 rings (SSSR count). The highest BCUT2D eigenvalue weighted by molar-refractivity contribution is 5.24. The van der Waals surface area contributed by atoms with Crippen LogP contribution in [0.5, 0.6) is 0 Å². The van der Waals surface area contributed by atoms with Crippen LogP contribution in [0, 0.1) is 28.1 Å². The van der Waals surface area contributed by atoms with E-state index in [1.165, 1.54) is 6.42 Å². The van der Waals surface area contributed by atoms with Gasteiger partial charge in [-0.05, 0) is 73.0 Å². The summed E-state index contributed by atoms with van der Waals surface area (Å²) in [5, 5.41) is 0. The van der Waals surface area contributed by atoms with Crippen LogP contribution in [0.25, 0.3) is 0 Å². The Hall–Kier alpha value is 0. The molecule has 0 aromatic rings. The predicted molar refractivity (Wildman–Crippen MR) is 57.9 cm³/mol. The lowest BCUT2D eigenvalue weighted by molar-refractivity contribution is -0.185. The Bertz CT molecular complexity index is 305. The van der Waals surface area contributed by atoms with Gasteiger partial charge in [0.1, 0.15) is 0 Å². The Morgan fingerprint density at radius 3 is 2.79 bits per heavy atom. The minimum atomic E-state index is 0.768. The highest BCUT2D eigenvalue weighted by Crippen LogP contribution is 2.84. The van der Waals surface area contributed by atoms with E-state index >= 15 is 0 Å². The van der Waals surface area contributed by atoms with E-state index in [9.17, 15) is 0 Å². The molecule has 0 heteroatoms. The molecule has 14 heavy (non-hydrogen) atoms. The number of hydrogen-bond acceptors (Lipinski definition) is 0. The summed E-state index contributed by atoms with van der Waals surface area (Å²) in [6.07, 6.45) is 11.1. The summed E-state index contributed by atoms with van der Waals surface area (Å²) in [6, 6.07) is 0. The maximum absolute atomic E-state index is 2.60. The van der Waals surface area contributed by atoms with Crippen molar-refractivity contribution in [1.82, 2.24) is 0 Å². The third-order valence-corrected chi connectivity index (χ3v) is 6.69. The van der Waals surface area contributed by atoms with Crippen molar-refractivity contribution in [3.8, 4) is 0 Å². The smallest absolute Gasteiger partial charge is 0.0209 e. The Morgan fingerprint density at radius 2 is 2.00 bits per heavy atom. The van der Waals surface area contributed by atoms with Crippen molar-refractivity contribution in [1.29, 1.82) is 0 Å². The van der Waals surface area contributed by atoms with E-state index in [1.807, 2.05) is 0 Å². The lowest BCUT2D eigenvalue weighted by Crippen LogP contribution is -2.59. The van der Waals surface area contributed by atoms with Crippen molar-refractivity contribution in [2.45, 2.75) is 58.8 Å². The molecule has 5 aliphatic rings. The molecule has 0 aromatic carbocycles. The van der Waals surface area contributed by atoms with Gasteiger partial charge in [0.15, 0.2) is 0 Å². The van der Waals surface area contributed by atoms with Gasteiger partial charge < -0.3 is 0 Å². The van der Waals surface area contributed by atoms with Crippen molar-refractivity contribution < 1.29 is 0 Å². The average Bonchev–Trinajstić information content (AvgIpc) is 2.19. The van der Waals surface area contributed by atoms with Crippen LogP contribution in [0.3, 0.4) is 0 Å². The Kier molecular flexibility index (Phi) is 1.14. The first-order chi connectivity index (χ1) is 6.62. The normalized spacial score (nSPS) is 68.1. The summed E-state index contributed by atoms with van der Waals surface area (Å²) in [6.45, 7) is 5.07. The SMILES string of the molecule is CCC12CC3(C)CC4CC1CC2(C4)C3. The molecule has 5 fully saturated rings. The standard InChI is InChI=1S/C14H22/c1-3-14-9-12(2)5-10-4-11(14)7-13(14,6-10)8-12/h10-11H,3-9H2,1-2H3. The zero-order chi connectivity index (χ0) is 9.60. The van der Waals surface area contributed by atoms with Crippen molar-refractivity contribution in [2.24, 2.45) is 28.1 Å². The largest absolute Gasteiger partial charge is 0.0648 e. The molecule has 0 amide bonds. The molecule has 5 saturated carbocycles. The van der Waals surface area contributed by atoms with Gasteiger partial charge in [0, 0.05) is 0 Å². The fourth-order valence-corrected chi connectivity index (χ4v) is 6.88. The van der Waals surface area contributed by atoms with Gasteiger partial charge in [-0.2, -0.15) is 0 Å². The molecule has 1 spiro atoms. The fourth-order valence-electron chi connectivity index (χ4n) is 6.88. The molecule has 4 bridgehead atoms. The van der Waals surface area contributed by atoms with Gasteiger partial charge in [-0.25, -0.2) is 0 Å². The number of fused-ring (bicyclic) bond motifs is 1. The van der Waals surface area contributed by atoms with Gasteiger partial charge in [-0.15, -0.1) is 0 Å². The molecule has 5 aliphatic carbocycles. The summed E-state index contributed by atoms with van der Waals surface area (Å²) in [4.78, 5) is 0. The molecule has 0 aromatic heterocycles. The molecule has 0 radical (unpaired) electrons. The van der Waals surface area contributed by atoms with E-state index in [-0.39, 0.29) is 0 Å². The molecule has 0 N–H and O–H groups in total. The van der Waals surface area contributed by atoms with Gasteiger partial charge in [0.25, 0.3) is 0 Å². The molecular weight excluding hydrogens is 168 g/mol. The van der Waals surface area contributed by atoms with Crippen LogP contribution in [0.4, 0.5) is 0 Å². The van der Waals surface area contributed by atoms with Crippen molar-refractivity contribution in [2.75, 3.05) is 0 Å². The molecule has 0 aliphatic heterocycles.